The number of halogens is 2. The van der Waals surface area contributed by atoms with Gasteiger partial charge in [0.1, 0.15) is 23.0 Å². The summed E-state index contributed by atoms with van der Waals surface area (Å²) in [6.07, 6.45) is 2.89. The molecule has 1 fully saturated rings. The van der Waals surface area contributed by atoms with Gasteiger partial charge in [-0.15, -0.1) is 0 Å². The van der Waals surface area contributed by atoms with Gasteiger partial charge in [0.05, 0.1) is 22.4 Å². The van der Waals surface area contributed by atoms with Crippen LogP contribution in [0.2, 0.25) is 5.02 Å². The standard InChI is InChI=1S/C26H21ClFN5O2/c1-32-15-22(25(34)33-10-8-17(9-11-33)16-2-5-20(28)6-3-16)24(23(27)26(32)35)31-21-7-4-18(13-29)19(12-21)14-30/h2-7,12,15,17,31H,8-11H2,1H3. The second-order valence-electron chi connectivity index (χ2n) is 8.37. The van der Waals surface area contributed by atoms with Crippen molar-refractivity contribution in [3.05, 3.63) is 92.1 Å². The highest BCUT2D eigenvalue weighted by atomic mass is 35.5. The van der Waals surface area contributed by atoms with Crippen molar-refractivity contribution in [2.75, 3.05) is 18.4 Å². The van der Waals surface area contributed by atoms with Gasteiger partial charge in [-0.2, -0.15) is 10.5 Å². The molecule has 3 aromatic rings. The second kappa shape index (κ2) is 10.0. The molecule has 0 aliphatic carbocycles. The SMILES string of the molecule is Cn1cc(C(=O)N2CCC(c3ccc(F)cc3)CC2)c(Nc2ccc(C#N)c(C#N)c2)c(Cl)c1=O. The lowest BCUT2D eigenvalue weighted by Crippen LogP contribution is -2.39. The number of hydrogen-bond acceptors (Lipinski definition) is 5. The minimum absolute atomic E-state index is 0.147. The number of piperidine rings is 1. The van der Waals surface area contributed by atoms with Crippen molar-refractivity contribution in [3.8, 4) is 12.1 Å². The van der Waals surface area contributed by atoms with Crippen LogP contribution in [0.1, 0.15) is 45.8 Å². The van der Waals surface area contributed by atoms with Crippen LogP contribution >= 0.6 is 11.6 Å². The molecule has 35 heavy (non-hydrogen) atoms. The van der Waals surface area contributed by atoms with Gasteiger partial charge in [0.25, 0.3) is 11.5 Å². The van der Waals surface area contributed by atoms with Crippen LogP contribution in [0.5, 0.6) is 0 Å². The van der Waals surface area contributed by atoms with E-state index in [2.05, 4.69) is 5.32 Å². The molecule has 4 rings (SSSR count). The molecule has 0 atom stereocenters. The molecule has 1 N–H and O–H groups in total. The maximum absolute atomic E-state index is 13.5. The van der Waals surface area contributed by atoms with Crippen molar-refractivity contribution < 1.29 is 9.18 Å². The van der Waals surface area contributed by atoms with Crippen molar-refractivity contribution in [2.24, 2.45) is 7.05 Å². The van der Waals surface area contributed by atoms with Crippen LogP contribution in [0.4, 0.5) is 15.8 Å². The lowest BCUT2D eigenvalue weighted by atomic mass is 9.89. The molecule has 0 bridgehead atoms. The molecular weight excluding hydrogens is 469 g/mol. The lowest BCUT2D eigenvalue weighted by molar-refractivity contribution is 0.0713. The first-order valence-corrected chi connectivity index (χ1v) is 11.3. The normalized spacial score (nSPS) is 13.7. The zero-order valence-electron chi connectivity index (χ0n) is 18.9. The molecular formula is C26H21ClFN5O2. The fourth-order valence-corrected chi connectivity index (χ4v) is 4.54. The van der Waals surface area contributed by atoms with Gasteiger partial charge in [0.15, 0.2) is 0 Å². The van der Waals surface area contributed by atoms with Crippen LogP contribution in [0, 0.1) is 28.5 Å². The Kier molecular flexibility index (Phi) is 6.86. The van der Waals surface area contributed by atoms with E-state index in [-0.39, 0.29) is 45.0 Å². The molecule has 2 aromatic carbocycles. The van der Waals surface area contributed by atoms with Crippen LogP contribution < -0.4 is 10.9 Å². The van der Waals surface area contributed by atoms with E-state index in [1.165, 1.54) is 42.1 Å². The maximum Gasteiger partial charge on any atom is 0.271 e. The highest BCUT2D eigenvalue weighted by Gasteiger charge is 2.28. The van der Waals surface area contributed by atoms with Gasteiger partial charge in [0, 0.05) is 32.0 Å². The number of likely N-dealkylation sites (tertiary alicyclic amines) is 1. The topological polar surface area (TPSA) is 102 Å². The van der Waals surface area contributed by atoms with E-state index in [4.69, 9.17) is 16.9 Å². The van der Waals surface area contributed by atoms with Gasteiger partial charge in [0.2, 0.25) is 0 Å². The van der Waals surface area contributed by atoms with Crippen molar-refractivity contribution in [1.82, 2.24) is 9.47 Å². The molecule has 1 amide bonds. The number of aryl methyl sites for hydroxylation is 1. The number of hydrogen-bond donors (Lipinski definition) is 1. The summed E-state index contributed by atoms with van der Waals surface area (Å²) in [5, 5.41) is 21.3. The molecule has 1 aliphatic rings. The summed E-state index contributed by atoms with van der Waals surface area (Å²) < 4.78 is 14.5. The molecule has 9 heteroatoms. The first-order chi connectivity index (χ1) is 16.8. The Morgan fingerprint density at radius 3 is 2.37 bits per heavy atom. The molecule has 7 nitrogen and oxygen atoms in total. The van der Waals surface area contributed by atoms with Crippen LogP contribution in [-0.2, 0) is 7.05 Å². The average molecular weight is 490 g/mol. The van der Waals surface area contributed by atoms with Gasteiger partial charge in [-0.3, -0.25) is 9.59 Å². The number of nitriles is 2. The Hall–Kier alpha value is -4.14. The molecule has 0 unspecified atom stereocenters. The third-order valence-corrected chi connectivity index (χ3v) is 6.55. The van der Waals surface area contributed by atoms with E-state index in [0.717, 1.165) is 18.4 Å². The lowest BCUT2D eigenvalue weighted by Gasteiger charge is -2.33. The summed E-state index contributed by atoms with van der Waals surface area (Å²) in [5.74, 6) is -0.335. The number of pyridine rings is 1. The third kappa shape index (κ3) is 4.89. The molecule has 0 spiro atoms. The number of nitrogens with zero attached hydrogens (tertiary/aromatic N) is 4. The number of benzene rings is 2. The summed E-state index contributed by atoms with van der Waals surface area (Å²) in [5.41, 5.74) is 1.73. The summed E-state index contributed by atoms with van der Waals surface area (Å²) in [4.78, 5) is 27.7. The summed E-state index contributed by atoms with van der Waals surface area (Å²) >= 11 is 6.37. The summed E-state index contributed by atoms with van der Waals surface area (Å²) in [6.45, 7) is 0.993. The minimum Gasteiger partial charge on any atom is -0.353 e. The molecule has 1 aliphatic heterocycles. The van der Waals surface area contributed by atoms with Crippen LogP contribution in [0.25, 0.3) is 0 Å². The van der Waals surface area contributed by atoms with E-state index in [9.17, 15) is 19.2 Å². The molecule has 2 heterocycles. The Bertz CT molecular complexity index is 1430. The summed E-state index contributed by atoms with van der Waals surface area (Å²) in [7, 11) is 1.52. The zero-order chi connectivity index (χ0) is 25.1. The number of carbonyl (C=O) groups is 1. The Balaban J connectivity index is 1.61. The van der Waals surface area contributed by atoms with Crippen molar-refractivity contribution in [3.63, 3.8) is 0 Å². The third-order valence-electron chi connectivity index (χ3n) is 6.20. The number of nitrogens with one attached hydrogen (secondary N) is 1. The molecule has 0 saturated carbocycles. The van der Waals surface area contributed by atoms with E-state index < -0.39 is 5.56 Å². The van der Waals surface area contributed by atoms with Crippen molar-refractivity contribution >= 4 is 28.9 Å². The van der Waals surface area contributed by atoms with Crippen LogP contribution in [0.15, 0.2) is 53.5 Å². The number of rotatable bonds is 4. The van der Waals surface area contributed by atoms with E-state index in [0.29, 0.717) is 18.8 Å². The second-order valence-corrected chi connectivity index (χ2v) is 8.75. The molecule has 176 valence electrons. The smallest absolute Gasteiger partial charge is 0.271 e. The predicted molar refractivity (Wildman–Crippen MR) is 130 cm³/mol. The highest BCUT2D eigenvalue weighted by molar-refractivity contribution is 6.34. The molecule has 1 aromatic heterocycles. The Labute approximate surface area is 206 Å². The fraction of sp³-hybridized carbons (Fsp3) is 0.231. The highest BCUT2D eigenvalue weighted by Crippen LogP contribution is 2.32. The first-order valence-electron chi connectivity index (χ1n) is 11.0. The minimum atomic E-state index is -0.477. The van der Waals surface area contributed by atoms with Gasteiger partial charge >= 0.3 is 0 Å². The van der Waals surface area contributed by atoms with Crippen molar-refractivity contribution in [1.29, 1.82) is 10.5 Å². The van der Waals surface area contributed by atoms with Crippen LogP contribution in [-0.4, -0.2) is 28.5 Å². The monoisotopic (exact) mass is 489 g/mol. The number of carbonyl (C=O) groups excluding carboxylic acids is 1. The van der Waals surface area contributed by atoms with Gasteiger partial charge in [-0.05, 0) is 54.7 Å². The number of anilines is 2. The largest absolute Gasteiger partial charge is 0.353 e. The van der Waals surface area contributed by atoms with E-state index in [1.54, 1.807) is 23.1 Å². The van der Waals surface area contributed by atoms with Crippen molar-refractivity contribution in [2.45, 2.75) is 18.8 Å². The first kappa shape index (κ1) is 24.0. The van der Waals surface area contributed by atoms with Gasteiger partial charge < -0.3 is 14.8 Å². The van der Waals surface area contributed by atoms with Crippen LogP contribution in [0.3, 0.4) is 0 Å². The fourth-order valence-electron chi connectivity index (χ4n) is 4.26. The number of amides is 1. The van der Waals surface area contributed by atoms with E-state index in [1.807, 2.05) is 12.1 Å². The average Bonchev–Trinajstić information content (AvgIpc) is 2.89. The van der Waals surface area contributed by atoms with E-state index >= 15 is 0 Å². The van der Waals surface area contributed by atoms with Gasteiger partial charge in [-0.25, -0.2) is 4.39 Å². The van der Waals surface area contributed by atoms with Gasteiger partial charge in [-0.1, -0.05) is 23.7 Å². The zero-order valence-corrected chi connectivity index (χ0v) is 19.6. The maximum atomic E-state index is 13.5. The predicted octanol–water partition coefficient (Wildman–Crippen LogP) is 4.68. The number of aromatic nitrogens is 1. The molecule has 1 saturated heterocycles. The quantitative estimate of drug-likeness (QED) is 0.573. The summed E-state index contributed by atoms with van der Waals surface area (Å²) in [6, 6.07) is 14.9. The Morgan fingerprint density at radius 1 is 1.09 bits per heavy atom. The molecule has 0 radical (unpaired) electrons. The Morgan fingerprint density at radius 2 is 1.74 bits per heavy atom.